The Morgan fingerprint density at radius 2 is 1.93 bits per heavy atom. The molecule has 0 aromatic heterocycles. The predicted octanol–water partition coefficient (Wildman–Crippen LogP) is 2.68. The van der Waals surface area contributed by atoms with Crippen molar-refractivity contribution >= 4 is 11.8 Å². The summed E-state index contributed by atoms with van der Waals surface area (Å²) < 4.78 is 0. The second kappa shape index (κ2) is 5.08. The molecular formula is C12H14N2. The van der Waals surface area contributed by atoms with Crippen LogP contribution in [0.5, 0.6) is 0 Å². The summed E-state index contributed by atoms with van der Waals surface area (Å²) in [5.41, 5.74) is 2.31. The van der Waals surface area contributed by atoms with Crippen molar-refractivity contribution in [2.24, 2.45) is 0 Å². The van der Waals surface area contributed by atoms with Gasteiger partial charge in [-0.2, -0.15) is 5.26 Å². The molecule has 0 aliphatic carbocycles. The molecule has 0 radical (unpaired) electrons. The molecule has 0 fully saturated rings. The highest BCUT2D eigenvalue weighted by molar-refractivity contribution is 5.55. The molecule has 1 aromatic carbocycles. The molecule has 0 aliphatic rings. The van der Waals surface area contributed by atoms with Gasteiger partial charge in [-0.1, -0.05) is 24.3 Å². The Morgan fingerprint density at radius 1 is 1.29 bits per heavy atom. The van der Waals surface area contributed by atoms with Crippen LogP contribution in [-0.4, -0.2) is 14.1 Å². The van der Waals surface area contributed by atoms with Gasteiger partial charge >= 0.3 is 0 Å². The van der Waals surface area contributed by atoms with E-state index >= 15 is 0 Å². The Morgan fingerprint density at radius 3 is 2.43 bits per heavy atom. The maximum Gasteiger partial charge on any atom is 0.0663 e. The van der Waals surface area contributed by atoms with Crippen LogP contribution in [0.1, 0.15) is 12.0 Å². The molecule has 0 spiro atoms. The summed E-state index contributed by atoms with van der Waals surface area (Å²) in [6.45, 7) is 0. The van der Waals surface area contributed by atoms with Crippen LogP contribution in [0, 0.1) is 11.3 Å². The van der Waals surface area contributed by atoms with Crippen LogP contribution >= 0.6 is 0 Å². The van der Waals surface area contributed by atoms with E-state index in [0.29, 0.717) is 6.42 Å². The van der Waals surface area contributed by atoms with Gasteiger partial charge in [-0.05, 0) is 17.7 Å². The van der Waals surface area contributed by atoms with Gasteiger partial charge in [-0.3, -0.25) is 0 Å². The van der Waals surface area contributed by atoms with E-state index < -0.39 is 0 Å². The van der Waals surface area contributed by atoms with Crippen molar-refractivity contribution in [3.05, 3.63) is 35.9 Å². The first-order valence-electron chi connectivity index (χ1n) is 4.55. The zero-order valence-electron chi connectivity index (χ0n) is 8.57. The number of hydrogen-bond donors (Lipinski definition) is 0. The Bertz CT molecular complexity index is 342. The summed E-state index contributed by atoms with van der Waals surface area (Å²) in [5.74, 6) is 0. The second-order valence-electron chi connectivity index (χ2n) is 3.25. The molecule has 2 heteroatoms. The lowest BCUT2D eigenvalue weighted by molar-refractivity contribution is 1.13. The van der Waals surface area contributed by atoms with Crippen molar-refractivity contribution in [3.8, 4) is 6.07 Å². The highest BCUT2D eigenvalue weighted by atomic mass is 15.1. The number of nitrogens with zero attached hydrogens (tertiary/aromatic N) is 2. The molecule has 0 atom stereocenters. The fourth-order valence-corrected chi connectivity index (χ4v) is 1.13. The van der Waals surface area contributed by atoms with Crippen LogP contribution in [0.2, 0.25) is 0 Å². The van der Waals surface area contributed by atoms with E-state index in [1.54, 1.807) is 0 Å². The van der Waals surface area contributed by atoms with E-state index in [4.69, 9.17) is 5.26 Å². The first-order valence-corrected chi connectivity index (χ1v) is 4.55. The standard InChI is InChI=1S/C12H14N2/c1-14(2)12-8-6-11(7-9-12)5-3-4-10-13/h3,5-9H,4H2,1-2H3. The molecule has 0 unspecified atom stereocenters. The van der Waals surface area contributed by atoms with Crippen molar-refractivity contribution in [1.82, 2.24) is 0 Å². The fourth-order valence-electron chi connectivity index (χ4n) is 1.13. The molecule has 2 nitrogen and oxygen atoms in total. The van der Waals surface area contributed by atoms with Crippen molar-refractivity contribution in [2.45, 2.75) is 6.42 Å². The first-order chi connectivity index (χ1) is 6.74. The van der Waals surface area contributed by atoms with E-state index in [1.165, 1.54) is 5.69 Å². The minimum absolute atomic E-state index is 0.468. The Labute approximate surface area is 85.1 Å². The largest absolute Gasteiger partial charge is 0.378 e. The number of nitriles is 1. The Balaban J connectivity index is 2.70. The van der Waals surface area contributed by atoms with Crippen molar-refractivity contribution in [3.63, 3.8) is 0 Å². The molecule has 0 amide bonds. The quantitative estimate of drug-likeness (QED) is 0.725. The molecule has 0 N–H and O–H groups in total. The number of benzene rings is 1. The highest BCUT2D eigenvalue weighted by Crippen LogP contribution is 2.13. The van der Waals surface area contributed by atoms with E-state index in [2.05, 4.69) is 23.1 Å². The number of allylic oxidation sites excluding steroid dienone is 1. The van der Waals surface area contributed by atoms with Crippen molar-refractivity contribution < 1.29 is 0 Å². The summed E-state index contributed by atoms with van der Waals surface area (Å²) in [6, 6.07) is 10.3. The van der Waals surface area contributed by atoms with E-state index in [1.807, 2.05) is 38.4 Å². The normalized spacial score (nSPS) is 10.1. The van der Waals surface area contributed by atoms with Crippen LogP contribution in [0.4, 0.5) is 5.69 Å². The SMILES string of the molecule is CN(C)c1ccc(C=CCC#N)cc1. The van der Waals surface area contributed by atoms with Gasteiger partial charge in [0.15, 0.2) is 0 Å². The molecule has 0 aliphatic heterocycles. The van der Waals surface area contributed by atoms with Gasteiger partial charge in [0, 0.05) is 19.8 Å². The van der Waals surface area contributed by atoms with Crippen molar-refractivity contribution in [2.75, 3.05) is 19.0 Å². The van der Waals surface area contributed by atoms with E-state index in [-0.39, 0.29) is 0 Å². The van der Waals surface area contributed by atoms with Gasteiger partial charge in [-0.25, -0.2) is 0 Å². The summed E-state index contributed by atoms with van der Waals surface area (Å²) in [6.07, 6.45) is 4.29. The van der Waals surface area contributed by atoms with Gasteiger partial charge in [0.05, 0.1) is 12.5 Å². The van der Waals surface area contributed by atoms with Crippen LogP contribution in [0.25, 0.3) is 6.08 Å². The van der Waals surface area contributed by atoms with E-state index in [9.17, 15) is 0 Å². The number of rotatable bonds is 3. The third kappa shape index (κ3) is 2.95. The minimum atomic E-state index is 0.468. The average molecular weight is 186 g/mol. The molecular weight excluding hydrogens is 172 g/mol. The molecule has 0 saturated carbocycles. The molecule has 0 saturated heterocycles. The number of hydrogen-bond acceptors (Lipinski definition) is 2. The Hall–Kier alpha value is -1.75. The van der Waals surface area contributed by atoms with E-state index in [0.717, 1.165) is 5.56 Å². The zero-order valence-corrected chi connectivity index (χ0v) is 8.57. The highest BCUT2D eigenvalue weighted by Gasteiger charge is 1.92. The van der Waals surface area contributed by atoms with Gasteiger partial charge in [-0.15, -0.1) is 0 Å². The second-order valence-corrected chi connectivity index (χ2v) is 3.25. The summed E-state index contributed by atoms with van der Waals surface area (Å²) in [4.78, 5) is 2.06. The average Bonchev–Trinajstić information content (AvgIpc) is 2.19. The van der Waals surface area contributed by atoms with Gasteiger partial charge in [0.2, 0.25) is 0 Å². The predicted molar refractivity (Wildman–Crippen MR) is 60.0 cm³/mol. The lowest BCUT2D eigenvalue weighted by Crippen LogP contribution is -2.07. The van der Waals surface area contributed by atoms with Gasteiger partial charge < -0.3 is 4.90 Å². The fraction of sp³-hybridized carbons (Fsp3) is 0.250. The molecule has 1 rings (SSSR count). The summed E-state index contributed by atoms with van der Waals surface area (Å²) >= 11 is 0. The maximum absolute atomic E-state index is 8.35. The van der Waals surface area contributed by atoms with Crippen LogP contribution in [0.3, 0.4) is 0 Å². The van der Waals surface area contributed by atoms with Crippen molar-refractivity contribution in [1.29, 1.82) is 5.26 Å². The summed E-state index contributed by atoms with van der Waals surface area (Å²) in [7, 11) is 4.03. The number of anilines is 1. The Kier molecular flexibility index (Phi) is 3.75. The molecule has 1 aromatic rings. The van der Waals surface area contributed by atoms with Crippen LogP contribution < -0.4 is 4.90 Å². The molecule has 72 valence electrons. The maximum atomic E-state index is 8.35. The minimum Gasteiger partial charge on any atom is -0.378 e. The summed E-state index contributed by atoms with van der Waals surface area (Å²) in [5, 5.41) is 8.35. The third-order valence-electron chi connectivity index (χ3n) is 1.93. The lowest BCUT2D eigenvalue weighted by Gasteiger charge is -2.11. The van der Waals surface area contributed by atoms with Gasteiger partial charge in [0.1, 0.15) is 0 Å². The monoisotopic (exact) mass is 186 g/mol. The van der Waals surface area contributed by atoms with Crippen LogP contribution in [-0.2, 0) is 0 Å². The molecule has 0 bridgehead atoms. The zero-order chi connectivity index (χ0) is 10.4. The lowest BCUT2D eigenvalue weighted by atomic mass is 10.2. The molecule has 0 heterocycles. The molecule has 14 heavy (non-hydrogen) atoms. The van der Waals surface area contributed by atoms with Crippen LogP contribution in [0.15, 0.2) is 30.3 Å². The first kappa shape index (κ1) is 10.3. The van der Waals surface area contributed by atoms with Gasteiger partial charge in [0.25, 0.3) is 0 Å². The topological polar surface area (TPSA) is 27.0 Å². The smallest absolute Gasteiger partial charge is 0.0663 e. The third-order valence-corrected chi connectivity index (χ3v) is 1.93.